The second kappa shape index (κ2) is 7.50. The van der Waals surface area contributed by atoms with E-state index in [1.165, 1.54) is 21.5 Å². The molecule has 0 aliphatic rings. The van der Waals surface area contributed by atoms with Crippen molar-refractivity contribution >= 4 is 43.4 Å². The third kappa shape index (κ3) is 2.89. The van der Waals surface area contributed by atoms with Gasteiger partial charge >= 0.3 is 0 Å². The van der Waals surface area contributed by atoms with Crippen molar-refractivity contribution in [3.8, 4) is 22.3 Å². The van der Waals surface area contributed by atoms with E-state index < -0.39 is 0 Å². The molecule has 2 nitrogen and oxygen atoms in total. The van der Waals surface area contributed by atoms with E-state index >= 15 is 0 Å². The highest BCUT2D eigenvalue weighted by Crippen LogP contribution is 2.42. The van der Waals surface area contributed by atoms with Crippen molar-refractivity contribution in [2.24, 2.45) is 0 Å². The third-order valence-electron chi connectivity index (χ3n) is 6.70. The number of hydrogen-bond acceptors (Lipinski definition) is 2. The first-order valence-corrected chi connectivity index (χ1v) is 11.5. The van der Waals surface area contributed by atoms with Gasteiger partial charge < -0.3 is 0 Å². The van der Waals surface area contributed by atoms with E-state index in [1.54, 1.807) is 0 Å². The molecule has 2 heteroatoms. The molecule has 34 heavy (non-hydrogen) atoms. The van der Waals surface area contributed by atoms with Crippen molar-refractivity contribution in [3.63, 3.8) is 0 Å². The molecule has 2 aromatic heterocycles. The zero-order chi connectivity index (χ0) is 22.5. The molecule has 0 atom stereocenters. The van der Waals surface area contributed by atoms with Gasteiger partial charge in [0.15, 0.2) is 0 Å². The predicted octanol–water partition coefficient (Wildman–Crippen LogP) is 8.42. The first-order valence-electron chi connectivity index (χ1n) is 11.5. The summed E-state index contributed by atoms with van der Waals surface area (Å²) in [6.07, 6.45) is 3.78. The molecule has 158 valence electrons. The minimum Gasteiger partial charge on any atom is -0.256 e. The predicted molar refractivity (Wildman–Crippen MR) is 143 cm³/mol. The van der Waals surface area contributed by atoms with Crippen molar-refractivity contribution in [3.05, 3.63) is 122 Å². The van der Waals surface area contributed by atoms with Gasteiger partial charge in [-0.3, -0.25) is 9.97 Å². The summed E-state index contributed by atoms with van der Waals surface area (Å²) in [4.78, 5) is 9.82. The van der Waals surface area contributed by atoms with Crippen LogP contribution in [-0.2, 0) is 0 Å². The van der Waals surface area contributed by atoms with Crippen molar-refractivity contribution in [1.29, 1.82) is 0 Å². The van der Waals surface area contributed by atoms with E-state index in [2.05, 4.69) is 97.1 Å². The van der Waals surface area contributed by atoms with Crippen LogP contribution in [0.15, 0.2) is 122 Å². The van der Waals surface area contributed by atoms with Crippen LogP contribution in [0.25, 0.3) is 65.6 Å². The highest BCUT2D eigenvalue weighted by Gasteiger charge is 2.18. The summed E-state index contributed by atoms with van der Waals surface area (Å²) >= 11 is 0. The molecule has 7 rings (SSSR count). The molecule has 5 aromatic carbocycles. The zero-order valence-corrected chi connectivity index (χ0v) is 18.4. The fourth-order valence-electron chi connectivity index (χ4n) is 5.14. The van der Waals surface area contributed by atoms with E-state index in [0.29, 0.717) is 0 Å². The summed E-state index contributed by atoms with van der Waals surface area (Å²) in [5.74, 6) is 0. The summed E-state index contributed by atoms with van der Waals surface area (Å²) < 4.78 is 0. The van der Waals surface area contributed by atoms with Crippen molar-refractivity contribution in [2.75, 3.05) is 0 Å². The van der Waals surface area contributed by atoms with Gasteiger partial charge in [-0.05, 0) is 56.9 Å². The van der Waals surface area contributed by atoms with Gasteiger partial charge in [0.1, 0.15) is 0 Å². The summed E-state index contributed by atoms with van der Waals surface area (Å²) in [5, 5.41) is 7.15. The first kappa shape index (κ1) is 19.0. The minimum atomic E-state index is 1.00. The van der Waals surface area contributed by atoms with Crippen molar-refractivity contribution in [1.82, 2.24) is 9.97 Å². The summed E-state index contributed by atoms with van der Waals surface area (Å²) in [6.45, 7) is 0. The SMILES string of the molecule is c1ccc2cc(-c3c4cccnc4c(-c4ccc5ccccc5c4)c4cccnc34)ccc2c1. The Labute approximate surface area is 197 Å². The molecule has 0 bridgehead atoms. The van der Waals surface area contributed by atoms with E-state index in [1.807, 2.05) is 24.5 Å². The van der Waals surface area contributed by atoms with Gasteiger partial charge in [-0.2, -0.15) is 0 Å². The Hall–Kier alpha value is -4.56. The van der Waals surface area contributed by atoms with Crippen LogP contribution in [0.1, 0.15) is 0 Å². The molecule has 0 amide bonds. The summed E-state index contributed by atoms with van der Waals surface area (Å²) in [6, 6.07) is 38.7. The topological polar surface area (TPSA) is 25.8 Å². The summed E-state index contributed by atoms with van der Waals surface area (Å²) in [5.41, 5.74) is 6.58. The van der Waals surface area contributed by atoms with E-state index in [9.17, 15) is 0 Å². The largest absolute Gasteiger partial charge is 0.256 e. The van der Waals surface area contributed by atoms with Gasteiger partial charge in [0, 0.05) is 34.3 Å². The molecular weight excluding hydrogens is 412 g/mol. The first-order chi connectivity index (χ1) is 16.9. The Balaban J connectivity index is 1.61. The average Bonchev–Trinajstić information content (AvgIpc) is 2.91. The number of hydrogen-bond donors (Lipinski definition) is 0. The van der Waals surface area contributed by atoms with Crippen LogP contribution < -0.4 is 0 Å². The van der Waals surface area contributed by atoms with Gasteiger partial charge in [0.05, 0.1) is 11.0 Å². The Bertz CT molecular complexity index is 1670. The number of benzene rings is 5. The van der Waals surface area contributed by atoms with E-state index in [4.69, 9.17) is 9.97 Å². The van der Waals surface area contributed by atoms with Gasteiger partial charge in [0.2, 0.25) is 0 Å². The monoisotopic (exact) mass is 432 g/mol. The fourth-order valence-corrected chi connectivity index (χ4v) is 5.14. The molecular formula is C32H20N2. The van der Waals surface area contributed by atoms with Crippen LogP contribution in [0.5, 0.6) is 0 Å². The fraction of sp³-hybridized carbons (Fsp3) is 0. The van der Waals surface area contributed by atoms with Crippen LogP contribution in [0.2, 0.25) is 0 Å². The maximum Gasteiger partial charge on any atom is 0.0794 e. The Morgan fingerprint density at radius 1 is 0.382 bits per heavy atom. The maximum absolute atomic E-state index is 4.91. The maximum atomic E-state index is 4.91. The van der Waals surface area contributed by atoms with Crippen LogP contribution in [-0.4, -0.2) is 9.97 Å². The molecule has 0 fully saturated rings. The second-order valence-corrected chi connectivity index (χ2v) is 8.67. The molecule has 2 heterocycles. The second-order valence-electron chi connectivity index (χ2n) is 8.67. The molecule has 0 spiro atoms. The lowest BCUT2D eigenvalue weighted by atomic mass is 9.89. The van der Waals surface area contributed by atoms with Crippen LogP contribution in [0, 0.1) is 0 Å². The van der Waals surface area contributed by atoms with Crippen molar-refractivity contribution in [2.45, 2.75) is 0 Å². The average molecular weight is 433 g/mol. The molecule has 0 saturated carbocycles. The number of pyridine rings is 2. The van der Waals surface area contributed by atoms with Gasteiger partial charge in [-0.15, -0.1) is 0 Å². The number of aromatic nitrogens is 2. The molecule has 0 unspecified atom stereocenters. The van der Waals surface area contributed by atoms with Crippen LogP contribution >= 0.6 is 0 Å². The standard InChI is InChI=1S/C32H20N2/c1-3-9-23-19-25(15-13-21(23)7-1)29-27-11-5-18-34-32(27)30(28-12-6-17-33-31(28)29)26-16-14-22-8-2-4-10-24(22)20-26/h1-20H. The third-order valence-corrected chi connectivity index (χ3v) is 6.70. The van der Waals surface area contributed by atoms with Crippen LogP contribution in [0.3, 0.4) is 0 Å². The lowest BCUT2D eigenvalue weighted by molar-refractivity contribution is 1.39. The zero-order valence-electron chi connectivity index (χ0n) is 18.4. The highest BCUT2D eigenvalue weighted by molar-refractivity contribution is 6.19. The molecule has 7 aromatic rings. The lowest BCUT2D eigenvalue weighted by Crippen LogP contribution is -1.94. The van der Waals surface area contributed by atoms with Crippen LogP contribution in [0.4, 0.5) is 0 Å². The normalized spacial score (nSPS) is 11.5. The Kier molecular flexibility index (Phi) is 4.18. The quantitative estimate of drug-likeness (QED) is 0.256. The van der Waals surface area contributed by atoms with E-state index in [0.717, 1.165) is 44.1 Å². The molecule has 0 saturated heterocycles. The molecule has 0 aliphatic carbocycles. The summed E-state index contributed by atoms with van der Waals surface area (Å²) in [7, 11) is 0. The van der Waals surface area contributed by atoms with Crippen molar-refractivity contribution < 1.29 is 0 Å². The molecule has 0 radical (unpaired) electrons. The molecule has 0 aliphatic heterocycles. The number of rotatable bonds is 2. The molecule has 0 N–H and O–H groups in total. The lowest BCUT2D eigenvalue weighted by Gasteiger charge is -2.16. The highest BCUT2D eigenvalue weighted by atomic mass is 14.7. The number of fused-ring (bicyclic) bond motifs is 4. The van der Waals surface area contributed by atoms with Gasteiger partial charge in [0.25, 0.3) is 0 Å². The van der Waals surface area contributed by atoms with Gasteiger partial charge in [-0.1, -0.05) is 84.9 Å². The van der Waals surface area contributed by atoms with Gasteiger partial charge in [-0.25, -0.2) is 0 Å². The van der Waals surface area contributed by atoms with E-state index in [-0.39, 0.29) is 0 Å². The number of nitrogens with zero attached hydrogens (tertiary/aromatic N) is 2. The Morgan fingerprint density at radius 2 is 0.824 bits per heavy atom. The minimum absolute atomic E-state index is 1.00. The smallest absolute Gasteiger partial charge is 0.0794 e. The Morgan fingerprint density at radius 3 is 1.29 bits per heavy atom.